The molecule has 1 aromatic heterocycles. The second kappa shape index (κ2) is 12.5. The monoisotopic (exact) mass is 422 g/mol. The number of carbonyl (C=O) groups is 1. The van der Waals surface area contributed by atoms with Crippen LogP contribution in [0.2, 0.25) is 0 Å². The van der Waals surface area contributed by atoms with Crippen molar-refractivity contribution in [2.45, 2.75) is 58.7 Å². The molecule has 1 aromatic rings. The molecule has 1 aliphatic rings. The summed E-state index contributed by atoms with van der Waals surface area (Å²) < 4.78 is 16.3. The molecule has 2 heterocycles. The quantitative estimate of drug-likeness (QED) is 0.360. The lowest BCUT2D eigenvalue weighted by Gasteiger charge is -2.34. The summed E-state index contributed by atoms with van der Waals surface area (Å²) >= 11 is 0. The van der Waals surface area contributed by atoms with Crippen molar-refractivity contribution in [2.24, 2.45) is 10.9 Å². The topological polar surface area (TPSA) is 88.3 Å². The Balaban J connectivity index is 1.56. The molecule has 8 heteroatoms. The number of ether oxygens (including phenoxy) is 2. The first-order valence-corrected chi connectivity index (χ1v) is 10.9. The van der Waals surface area contributed by atoms with Gasteiger partial charge in [0.25, 0.3) is 0 Å². The number of nitrogens with one attached hydrogen (secondary N) is 2. The number of piperidine rings is 1. The molecule has 1 amide bonds. The number of carbonyl (C=O) groups excluding carboxylic acids is 1. The van der Waals surface area contributed by atoms with E-state index in [0.29, 0.717) is 19.1 Å². The first kappa shape index (κ1) is 24.1. The lowest BCUT2D eigenvalue weighted by Crippen LogP contribution is -2.44. The van der Waals surface area contributed by atoms with E-state index < -0.39 is 5.60 Å². The molecular formula is C22H38N4O4. The maximum atomic E-state index is 12.3. The standard InChI is InChI=1S/C22H38N4O4/c1-22(2,3)30-21(27)26-13-5-8-18(16-26)10-12-25-20(23-4)24-11-7-14-28-17-19-9-6-15-29-19/h6,9,15,18H,5,7-8,10-14,16-17H2,1-4H3,(H2,23,24,25). The highest BCUT2D eigenvalue weighted by atomic mass is 16.6. The van der Waals surface area contributed by atoms with Crippen LogP contribution in [0.5, 0.6) is 0 Å². The van der Waals surface area contributed by atoms with Crippen molar-refractivity contribution in [2.75, 3.05) is 39.8 Å². The SMILES string of the molecule is CN=C(NCCCOCc1ccco1)NCCC1CCCN(C(=O)OC(C)(C)C)C1. The normalized spacial score (nSPS) is 17.7. The zero-order valence-electron chi connectivity index (χ0n) is 18.9. The third-order valence-electron chi connectivity index (χ3n) is 4.82. The lowest BCUT2D eigenvalue weighted by molar-refractivity contribution is 0.0162. The van der Waals surface area contributed by atoms with Crippen LogP contribution in [-0.2, 0) is 16.1 Å². The second-order valence-electron chi connectivity index (χ2n) is 8.63. The van der Waals surface area contributed by atoms with Gasteiger partial charge in [-0.05, 0) is 64.5 Å². The first-order valence-electron chi connectivity index (χ1n) is 10.9. The Hall–Kier alpha value is -2.22. The summed E-state index contributed by atoms with van der Waals surface area (Å²) in [6, 6.07) is 3.77. The smallest absolute Gasteiger partial charge is 0.410 e. The van der Waals surface area contributed by atoms with Crippen molar-refractivity contribution < 1.29 is 18.7 Å². The van der Waals surface area contributed by atoms with Gasteiger partial charge in [-0.25, -0.2) is 4.79 Å². The summed E-state index contributed by atoms with van der Waals surface area (Å²) in [6.07, 6.45) is 5.49. The minimum absolute atomic E-state index is 0.202. The molecule has 0 aliphatic carbocycles. The first-order chi connectivity index (χ1) is 14.4. The predicted octanol–water partition coefficient (Wildman–Crippen LogP) is 3.39. The minimum Gasteiger partial charge on any atom is -0.467 e. The van der Waals surface area contributed by atoms with Gasteiger partial charge in [0, 0.05) is 39.8 Å². The highest BCUT2D eigenvalue weighted by Crippen LogP contribution is 2.21. The molecular weight excluding hydrogens is 384 g/mol. The van der Waals surface area contributed by atoms with Gasteiger partial charge in [-0.2, -0.15) is 0 Å². The average molecular weight is 423 g/mol. The molecule has 0 saturated carbocycles. The zero-order valence-corrected chi connectivity index (χ0v) is 18.9. The maximum absolute atomic E-state index is 12.3. The summed E-state index contributed by atoms with van der Waals surface area (Å²) in [5, 5.41) is 6.67. The molecule has 1 unspecified atom stereocenters. The van der Waals surface area contributed by atoms with Gasteiger partial charge in [0.15, 0.2) is 5.96 Å². The molecule has 30 heavy (non-hydrogen) atoms. The van der Waals surface area contributed by atoms with Gasteiger partial charge in [-0.15, -0.1) is 0 Å². The van der Waals surface area contributed by atoms with Crippen molar-refractivity contribution >= 4 is 12.1 Å². The van der Waals surface area contributed by atoms with Crippen LogP contribution in [0.4, 0.5) is 4.79 Å². The number of hydrogen-bond acceptors (Lipinski definition) is 5. The van der Waals surface area contributed by atoms with E-state index in [-0.39, 0.29) is 6.09 Å². The fourth-order valence-corrected chi connectivity index (χ4v) is 3.36. The number of nitrogens with zero attached hydrogens (tertiary/aromatic N) is 2. The molecule has 1 fully saturated rings. The van der Waals surface area contributed by atoms with E-state index in [0.717, 1.165) is 63.6 Å². The molecule has 0 spiro atoms. The summed E-state index contributed by atoms with van der Waals surface area (Å²) in [6.45, 7) is 10.0. The third-order valence-corrected chi connectivity index (χ3v) is 4.82. The van der Waals surface area contributed by atoms with Gasteiger partial charge < -0.3 is 29.4 Å². The van der Waals surface area contributed by atoms with Crippen LogP contribution >= 0.6 is 0 Å². The Kier molecular flexibility index (Phi) is 10.00. The number of aliphatic imine (C=N–C) groups is 1. The molecule has 2 N–H and O–H groups in total. The van der Waals surface area contributed by atoms with E-state index in [1.54, 1.807) is 13.3 Å². The number of furan rings is 1. The Labute approximate surface area is 180 Å². The summed E-state index contributed by atoms with van der Waals surface area (Å²) in [5.74, 6) is 2.11. The Morgan fingerprint density at radius 3 is 2.83 bits per heavy atom. The van der Waals surface area contributed by atoms with Gasteiger partial charge in [0.2, 0.25) is 0 Å². The van der Waals surface area contributed by atoms with Crippen LogP contribution in [0.25, 0.3) is 0 Å². The molecule has 0 bridgehead atoms. The summed E-state index contributed by atoms with van der Waals surface area (Å²) in [5.41, 5.74) is -0.451. The number of hydrogen-bond donors (Lipinski definition) is 2. The van der Waals surface area contributed by atoms with E-state index >= 15 is 0 Å². The van der Waals surface area contributed by atoms with Crippen molar-refractivity contribution in [1.29, 1.82) is 0 Å². The van der Waals surface area contributed by atoms with Crippen LogP contribution in [0.3, 0.4) is 0 Å². The van der Waals surface area contributed by atoms with Gasteiger partial charge in [-0.3, -0.25) is 4.99 Å². The molecule has 1 aliphatic heterocycles. The molecule has 2 rings (SSSR count). The molecule has 0 radical (unpaired) electrons. The average Bonchev–Trinajstić information content (AvgIpc) is 3.21. The highest BCUT2D eigenvalue weighted by Gasteiger charge is 2.27. The fraction of sp³-hybridized carbons (Fsp3) is 0.727. The Bertz CT molecular complexity index is 640. The van der Waals surface area contributed by atoms with Crippen LogP contribution in [0, 0.1) is 5.92 Å². The minimum atomic E-state index is -0.451. The number of guanidine groups is 1. The third kappa shape index (κ3) is 9.52. The fourth-order valence-electron chi connectivity index (χ4n) is 3.36. The van der Waals surface area contributed by atoms with E-state index in [4.69, 9.17) is 13.9 Å². The number of amides is 1. The van der Waals surface area contributed by atoms with Crippen LogP contribution < -0.4 is 10.6 Å². The van der Waals surface area contributed by atoms with Crippen molar-refractivity contribution in [3.63, 3.8) is 0 Å². The Morgan fingerprint density at radius 2 is 2.13 bits per heavy atom. The molecule has 8 nitrogen and oxygen atoms in total. The zero-order chi connectivity index (χ0) is 21.8. The molecule has 170 valence electrons. The predicted molar refractivity (Wildman–Crippen MR) is 117 cm³/mol. The van der Waals surface area contributed by atoms with E-state index in [2.05, 4.69) is 15.6 Å². The summed E-state index contributed by atoms with van der Waals surface area (Å²) in [7, 11) is 1.77. The second-order valence-corrected chi connectivity index (χ2v) is 8.63. The van der Waals surface area contributed by atoms with Crippen molar-refractivity contribution in [1.82, 2.24) is 15.5 Å². The van der Waals surface area contributed by atoms with Gasteiger partial charge in [0.05, 0.1) is 6.26 Å². The van der Waals surface area contributed by atoms with E-state index in [1.807, 2.05) is 37.8 Å². The van der Waals surface area contributed by atoms with Crippen molar-refractivity contribution in [3.8, 4) is 0 Å². The van der Waals surface area contributed by atoms with Crippen LogP contribution in [0.1, 0.15) is 52.2 Å². The van der Waals surface area contributed by atoms with E-state index in [1.165, 1.54) is 0 Å². The molecule has 1 saturated heterocycles. The van der Waals surface area contributed by atoms with Gasteiger partial charge in [-0.1, -0.05) is 0 Å². The molecule has 0 aromatic carbocycles. The lowest BCUT2D eigenvalue weighted by atomic mass is 9.95. The van der Waals surface area contributed by atoms with Crippen molar-refractivity contribution in [3.05, 3.63) is 24.2 Å². The number of likely N-dealkylation sites (tertiary alicyclic amines) is 1. The van der Waals surface area contributed by atoms with E-state index in [9.17, 15) is 4.79 Å². The largest absolute Gasteiger partial charge is 0.467 e. The molecule has 1 atom stereocenters. The van der Waals surface area contributed by atoms with Gasteiger partial charge in [0.1, 0.15) is 18.0 Å². The van der Waals surface area contributed by atoms with Crippen LogP contribution in [0.15, 0.2) is 27.8 Å². The Morgan fingerprint density at radius 1 is 1.33 bits per heavy atom. The van der Waals surface area contributed by atoms with Gasteiger partial charge >= 0.3 is 6.09 Å². The summed E-state index contributed by atoms with van der Waals surface area (Å²) in [4.78, 5) is 18.4. The highest BCUT2D eigenvalue weighted by molar-refractivity contribution is 5.79. The van der Waals surface area contributed by atoms with Crippen LogP contribution in [-0.4, -0.2) is 62.4 Å². The maximum Gasteiger partial charge on any atom is 0.410 e. The number of rotatable bonds is 9.